The van der Waals surface area contributed by atoms with Crippen molar-refractivity contribution in [1.82, 2.24) is 0 Å². The van der Waals surface area contributed by atoms with Crippen molar-refractivity contribution in [2.75, 3.05) is 39.6 Å². The van der Waals surface area contributed by atoms with E-state index in [0.717, 1.165) is 102 Å². The van der Waals surface area contributed by atoms with Gasteiger partial charge in [-0.15, -0.1) is 0 Å². The molecule has 99 heavy (non-hydrogen) atoms. The van der Waals surface area contributed by atoms with Crippen LogP contribution in [0.15, 0.2) is 0 Å². The van der Waals surface area contributed by atoms with Crippen LogP contribution < -0.4 is 0 Å². The highest BCUT2D eigenvalue weighted by Gasteiger charge is 2.30. The molecule has 0 saturated carbocycles. The minimum atomic E-state index is -4.96. The van der Waals surface area contributed by atoms with E-state index in [0.29, 0.717) is 25.7 Å². The summed E-state index contributed by atoms with van der Waals surface area (Å²) in [6, 6.07) is 0. The number of phosphoric acid groups is 2. The molecule has 19 heteroatoms. The van der Waals surface area contributed by atoms with E-state index in [4.69, 9.17) is 37.0 Å². The first kappa shape index (κ1) is 97.1. The summed E-state index contributed by atoms with van der Waals surface area (Å²) in [5.41, 5.74) is 0. The second-order valence-corrected chi connectivity index (χ2v) is 32.7. The van der Waals surface area contributed by atoms with Crippen LogP contribution in [0.3, 0.4) is 0 Å². The third kappa shape index (κ3) is 74.1. The van der Waals surface area contributed by atoms with Crippen LogP contribution in [0.2, 0.25) is 0 Å². The average molecular weight is 1450 g/mol. The number of rotatable bonds is 79. The number of carbonyl (C=O) groups excluding carboxylic acids is 4. The third-order valence-electron chi connectivity index (χ3n) is 18.7. The molecule has 3 N–H and O–H groups in total. The number of ether oxygens (including phenoxy) is 4. The van der Waals surface area contributed by atoms with Crippen LogP contribution >= 0.6 is 15.6 Å². The molecule has 0 heterocycles. The van der Waals surface area contributed by atoms with E-state index >= 15 is 0 Å². The van der Waals surface area contributed by atoms with Crippen LogP contribution in [0, 0.1) is 11.8 Å². The maximum absolute atomic E-state index is 13.1. The minimum absolute atomic E-state index is 0.106. The smallest absolute Gasteiger partial charge is 0.462 e. The maximum atomic E-state index is 13.1. The van der Waals surface area contributed by atoms with Crippen molar-refractivity contribution in [3.8, 4) is 0 Å². The first-order chi connectivity index (χ1) is 47.9. The number of unbranched alkanes of at least 4 members (excludes halogenated alkanes) is 49. The summed E-state index contributed by atoms with van der Waals surface area (Å²) >= 11 is 0. The van der Waals surface area contributed by atoms with Gasteiger partial charge in [-0.05, 0) is 37.5 Å². The molecule has 17 nitrogen and oxygen atoms in total. The summed E-state index contributed by atoms with van der Waals surface area (Å²) in [7, 11) is -9.92. The van der Waals surface area contributed by atoms with Crippen molar-refractivity contribution in [3.63, 3.8) is 0 Å². The lowest BCUT2D eigenvalue weighted by atomic mass is 10.0. The molecule has 588 valence electrons. The Balaban J connectivity index is 5.24. The summed E-state index contributed by atoms with van der Waals surface area (Å²) in [6.45, 7) is 9.62. The van der Waals surface area contributed by atoms with Crippen molar-refractivity contribution in [1.29, 1.82) is 0 Å². The second-order valence-electron chi connectivity index (χ2n) is 29.8. The molecule has 0 aliphatic heterocycles. The van der Waals surface area contributed by atoms with E-state index in [1.807, 2.05) is 0 Å². The molecule has 2 unspecified atom stereocenters. The van der Waals surface area contributed by atoms with E-state index in [-0.39, 0.29) is 25.7 Å². The Hall–Kier alpha value is -1.94. The van der Waals surface area contributed by atoms with Gasteiger partial charge in [0.15, 0.2) is 12.2 Å². The lowest BCUT2D eigenvalue weighted by Crippen LogP contribution is -2.30. The zero-order chi connectivity index (χ0) is 72.8. The lowest BCUT2D eigenvalue weighted by Gasteiger charge is -2.21. The summed E-state index contributed by atoms with van der Waals surface area (Å²) in [6.07, 6.45) is 61.0. The first-order valence-electron chi connectivity index (χ1n) is 41.5. The summed E-state index contributed by atoms with van der Waals surface area (Å²) < 4.78 is 68.7. The van der Waals surface area contributed by atoms with Gasteiger partial charge in [-0.1, -0.05) is 369 Å². The molecule has 0 aromatic heterocycles. The fourth-order valence-electron chi connectivity index (χ4n) is 12.4. The van der Waals surface area contributed by atoms with Crippen molar-refractivity contribution in [2.45, 2.75) is 439 Å². The molecular weight excluding hydrogens is 1290 g/mol. The van der Waals surface area contributed by atoms with Gasteiger partial charge in [0, 0.05) is 25.7 Å². The molecule has 0 fully saturated rings. The van der Waals surface area contributed by atoms with Crippen LogP contribution in [0.4, 0.5) is 0 Å². The van der Waals surface area contributed by atoms with Gasteiger partial charge < -0.3 is 33.8 Å². The molecule has 0 amide bonds. The van der Waals surface area contributed by atoms with E-state index in [9.17, 15) is 43.2 Å². The van der Waals surface area contributed by atoms with Crippen LogP contribution in [-0.2, 0) is 65.4 Å². The number of aliphatic hydroxyl groups excluding tert-OH is 1. The van der Waals surface area contributed by atoms with Gasteiger partial charge in [0.25, 0.3) is 0 Å². The number of esters is 4. The Morgan fingerprint density at radius 3 is 0.687 bits per heavy atom. The van der Waals surface area contributed by atoms with Gasteiger partial charge in [0.05, 0.1) is 26.4 Å². The predicted octanol–water partition coefficient (Wildman–Crippen LogP) is 23.9. The summed E-state index contributed by atoms with van der Waals surface area (Å²) in [5.74, 6) is -0.592. The molecular formula is C80H156O17P2. The highest BCUT2D eigenvalue weighted by Crippen LogP contribution is 2.45. The van der Waals surface area contributed by atoms with E-state index in [1.54, 1.807) is 0 Å². The second kappa shape index (κ2) is 71.7. The Kier molecular flexibility index (Phi) is 70.3. The fraction of sp³-hybridized carbons (Fsp3) is 0.950. The molecule has 0 aliphatic rings. The number of hydrogen-bond donors (Lipinski definition) is 3. The third-order valence-corrected chi connectivity index (χ3v) is 20.6. The highest BCUT2D eigenvalue weighted by atomic mass is 31.2. The van der Waals surface area contributed by atoms with Gasteiger partial charge in [0.1, 0.15) is 19.3 Å². The van der Waals surface area contributed by atoms with Gasteiger partial charge in [-0.25, -0.2) is 9.13 Å². The number of carbonyl (C=O) groups is 4. The van der Waals surface area contributed by atoms with Crippen LogP contribution in [0.1, 0.15) is 420 Å². The van der Waals surface area contributed by atoms with E-state index in [2.05, 4.69) is 41.5 Å². The van der Waals surface area contributed by atoms with Gasteiger partial charge >= 0.3 is 39.5 Å². The fourth-order valence-corrected chi connectivity index (χ4v) is 13.9. The predicted molar refractivity (Wildman–Crippen MR) is 405 cm³/mol. The molecule has 0 aromatic rings. The highest BCUT2D eigenvalue weighted by molar-refractivity contribution is 7.47. The quantitative estimate of drug-likeness (QED) is 0.0222. The van der Waals surface area contributed by atoms with E-state index < -0.39 is 97.5 Å². The molecule has 0 rings (SSSR count). The molecule has 0 aliphatic carbocycles. The van der Waals surface area contributed by atoms with Gasteiger partial charge in [-0.3, -0.25) is 37.3 Å². The molecule has 5 atom stereocenters. The first-order valence-corrected chi connectivity index (χ1v) is 44.5. The zero-order valence-corrected chi connectivity index (χ0v) is 66.6. The lowest BCUT2D eigenvalue weighted by molar-refractivity contribution is -0.161. The van der Waals surface area contributed by atoms with Crippen molar-refractivity contribution in [3.05, 3.63) is 0 Å². The van der Waals surface area contributed by atoms with Gasteiger partial charge in [-0.2, -0.15) is 0 Å². The summed E-state index contributed by atoms with van der Waals surface area (Å²) in [4.78, 5) is 73.0. The molecule has 0 saturated heterocycles. The summed E-state index contributed by atoms with van der Waals surface area (Å²) in [5, 5.41) is 10.6. The van der Waals surface area contributed by atoms with Crippen molar-refractivity contribution < 1.29 is 80.2 Å². The maximum Gasteiger partial charge on any atom is 0.472 e. The Morgan fingerprint density at radius 2 is 0.465 bits per heavy atom. The average Bonchev–Trinajstić information content (AvgIpc) is 1.15. The number of hydrogen-bond acceptors (Lipinski definition) is 15. The molecule has 0 aromatic carbocycles. The van der Waals surface area contributed by atoms with Crippen molar-refractivity contribution in [2.24, 2.45) is 11.8 Å². The van der Waals surface area contributed by atoms with Crippen molar-refractivity contribution >= 4 is 39.5 Å². The normalized spacial score (nSPS) is 13.9. The van der Waals surface area contributed by atoms with Crippen LogP contribution in [-0.4, -0.2) is 96.7 Å². The molecule has 0 radical (unpaired) electrons. The monoisotopic (exact) mass is 1450 g/mol. The topological polar surface area (TPSA) is 237 Å². The van der Waals surface area contributed by atoms with Crippen LogP contribution in [0.25, 0.3) is 0 Å². The Labute approximate surface area is 607 Å². The zero-order valence-electron chi connectivity index (χ0n) is 64.8. The standard InChI is InChI=1S/C80H156O17P2/c1-7-9-11-13-15-17-19-21-22-23-24-25-26-27-28-34-40-46-52-58-64-79(84)96-75(68-91-78(83)63-57-51-45-39-33-30-29-31-36-42-48-54-60-72(3)4)70-94-98(86,87)92-66-74(81)67-93-99(88,89)95-71-76(97-80(85)65-59-53-47-41-35-37-43-49-55-61-73(5)6)69-90-77(82)62-56-50-44-38-32-20-18-16-14-12-10-8-2/h72-76,81H,7-71H2,1-6H3,(H,86,87)(H,88,89)/t74-,75-,76-/m1/s1. The van der Waals surface area contributed by atoms with Gasteiger partial charge in [0.2, 0.25) is 0 Å². The molecule has 0 spiro atoms. The van der Waals surface area contributed by atoms with E-state index in [1.165, 1.54) is 238 Å². The van der Waals surface area contributed by atoms with Crippen LogP contribution in [0.5, 0.6) is 0 Å². The number of aliphatic hydroxyl groups is 1. The Morgan fingerprint density at radius 1 is 0.273 bits per heavy atom. The SMILES string of the molecule is CCCCCCCCCCCCCCCCCCCCCCC(=O)O[C@H](COC(=O)CCCCCCCCCCCCCCC(C)C)COP(=O)(O)OC[C@@H](O)COP(=O)(O)OC[C@@H](COC(=O)CCCCCCCCCCCCCC)OC(=O)CCCCCCCCCCCC(C)C. The Bertz CT molecular complexity index is 1910. The largest absolute Gasteiger partial charge is 0.472 e. The minimum Gasteiger partial charge on any atom is -0.462 e. The molecule has 0 bridgehead atoms. The number of phosphoric ester groups is 2.